The summed E-state index contributed by atoms with van der Waals surface area (Å²) in [5, 5.41) is 0.586. The fraction of sp³-hybridized carbons (Fsp3) is 0.286. The van der Waals surface area contributed by atoms with E-state index in [1.807, 2.05) is 0 Å². The summed E-state index contributed by atoms with van der Waals surface area (Å²) in [6.45, 7) is 4.36. The third kappa shape index (κ3) is 4.10. The van der Waals surface area contributed by atoms with Gasteiger partial charge in [-0.05, 0) is 27.6 Å². The largest absolute Gasteiger partial charge is 0.383 e. The lowest BCUT2D eigenvalue weighted by molar-refractivity contribution is 0.0137. The number of hydrogen-bond acceptors (Lipinski definition) is 6. The van der Waals surface area contributed by atoms with Gasteiger partial charge in [0.1, 0.15) is 17.7 Å². The Kier molecular flexibility index (Phi) is 6.12. The summed E-state index contributed by atoms with van der Waals surface area (Å²) in [5.41, 5.74) is 7.61. The second-order valence-corrected chi connectivity index (χ2v) is 7.97. The summed E-state index contributed by atoms with van der Waals surface area (Å²) in [6, 6.07) is 1.53. The first-order valence-electron chi connectivity index (χ1n) is 9.49. The number of morpholine rings is 1. The molecule has 10 heteroatoms. The molecule has 1 amide bonds. The van der Waals surface area contributed by atoms with E-state index in [0.29, 0.717) is 28.6 Å². The highest BCUT2D eigenvalue weighted by Gasteiger charge is 2.34. The van der Waals surface area contributed by atoms with Crippen LogP contribution in [0.5, 0.6) is 0 Å². The molecule has 0 saturated carbocycles. The van der Waals surface area contributed by atoms with E-state index >= 15 is 0 Å². The number of nitrogens with zero attached hydrogens (tertiary/aromatic N) is 3. The Balaban J connectivity index is 1.73. The van der Waals surface area contributed by atoms with E-state index in [1.54, 1.807) is 0 Å². The van der Waals surface area contributed by atoms with Crippen molar-refractivity contribution in [2.75, 3.05) is 25.5 Å². The predicted octanol–water partition coefficient (Wildman–Crippen LogP) is 3.62. The lowest BCUT2D eigenvalue weighted by Crippen LogP contribution is -2.51. The van der Waals surface area contributed by atoms with Crippen LogP contribution in [0.4, 0.5) is 14.6 Å². The second-order valence-electron chi connectivity index (χ2n) is 7.06. The number of amides is 1. The predicted molar refractivity (Wildman–Crippen MR) is 116 cm³/mol. The van der Waals surface area contributed by atoms with Gasteiger partial charge in [-0.2, -0.15) is 4.39 Å². The normalized spacial score (nSPS) is 19.6. The van der Waals surface area contributed by atoms with Crippen molar-refractivity contribution in [3.05, 3.63) is 58.0 Å². The first-order chi connectivity index (χ1) is 14.9. The van der Waals surface area contributed by atoms with Crippen molar-refractivity contribution in [3.63, 3.8) is 0 Å². The Morgan fingerprint density at radius 2 is 2.13 bits per heavy atom. The van der Waals surface area contributed by atoms with Crippen molar-refractivity contribution in [2.24, 2.45) is 4.99 Å². The van der Waals surface area contributed by atoms with Crippen molar-refractivity contribution < 1.29 is 23.0 Å². The van der Waals surface area contributed by atoms with E-state index in [2.05, 4.69) is 32.5 Å². The summed E-state index contributed by atoms with van der Waals surface area (Å²) in [5.74, 6) is -1.96. The number of ether oxygens (including phenoxy) is 2. The Labute approximate surface area is 185 Å². The number of anilines is 1. The molecule has 0 bridgehead atoms. The third-order valence-electron chi connectivity index (χ3n) is 5.22. The van der Waals surface area contributed by atoms with Gasteiger partial charge in [-0.25, -0.2) is 14.4 Å². The van der Waals surface area contributed by atoms with Gasteiger partial charge in [-0.15, -0.1) is 0 Å². The van der Waals surface area contributed by atoms with Gasteiger partial charge in [0.05, 0.1) is 37.5 Å². The lowest BCUT2D eigenvalue weighted by Gasteiger charge is -2.34. The topological polar surface area (TPSA) is 90.0 Å². The number of aliphatic imine (C=N–C) groups is 1. The molecular formula is C21H19BrF2N4O3. The Morgan fingerprint density at radius 1 is 1.35 bits per heavy atom. The molecule has 1 fully saturated rings. The van der Waals surface area contributed by atoms with Gasteiger partial charge in [-0.1, -0.05) is 12.7 Å². The van der Waals surface area contributed by atoms with Crippen molar-refractivity contribution >= 4 is 44.5 Å². The minimum atomic E-state index is -1.07. The molecule has 0 radical (unpaired) electrons. The monoisotopic (exact) mass is 492 g/mol. The van der Waals surface area contributed by atoms with Crippen LogP contribution < -0.4 is 5.73 Å². The molecule has 7 nitrogen and oxygen atoms in total. The Bertz CT molecular complexity index is 1140. The zero-order valence-corrected chi connectivity index (χ0v) is 18.0. The van der Waals surface area contributed by atoms with Gasteiger partial charge in [0.25, 0.3) is 5.91 Å². The zero-order valence-electron chi connectivity index (χ0n) is 16.4. The number of benzene rings is 1. The molecule has 31 heavy (non-hydrogen) atoms. The van der Waals surface area contributed by atoms with Crippen molar-refractivity contribution in [1.82, 2.24) is 9.88 Å². The number of nitrogen functional groups attached to an aromatic ring is 1. The summed E-state index contributed by atoms with van der Waals surface area (Å²) >= 11 is 3.15. The molecule has 1 saturated heterocycles. The molecule has 2 aliphatic rings. The molecule has 162 valence electrons. The van der Waals surface area contributed by atoms with Gasteiger partial charge in [0.15, 0.2) is 0 Å². The average Bonchev–Trinajstić information content (AvgIpc) is 3.27. The number of halogens is 3. The molecule has 0 aliphatic carbocycles. The molecule has 2 N–H and O–H groups in total. The summed E-state index contributed by atoms with van der Waals surface area (Å²) in [7, 11) is 0. The minimum absolute atomic E-state index is 0.0862. The van der Waals surface area contributed by atoms with Gasteiger partial charge < -0.3 is 20.1 Å². The fourth-order valence-corrected chi connectivity index (χ4v) is 3.72. The van der Waals surface area contributed by atoms with Crippen LogP contribution in [0.15, 0.2) is 40.5 Å². The summed E-state index contributed by atoms with van der Waals surface area (Å²) in [4.78, 5) is 22.4. The number of pyridine rings is 1. The maximum Gasteiger partial charge on any atom is 0.257 e. The molecule has 1 aromatic carbocycles. The maximum atomic E-state index is 14.9. The SMILES string of the molecule is C=C/C(Br)=C\N=C(F)[C@H]1COCCN1C(=O)c1cc2c3c(c(N)nc2cc1F)COC3. The van der Waals surface area contributed by atoms with Crippen molar-refractivity contribution in [3.8, 4) is 0 Å². The van der Waals surface area contributed by atoms with Gasteiger partial charge >= 0.3 is 0 Å². The van der Waals surface area contributed by atoms with Crippen LogP contribution >= 0.6 is 15.9 Å². The number of rotatable bonds is 4. The van der Waals surface area contributed by atoms with Crippen LogP contribution in [0.2, 0.25) is 0 Å². The first kappa shape index (κ1) is 21.5. The Hall–Kier alpha value is -2.69. The maximum absolute atomic E-state index is 14.9. The third-order valence-corrected chi connectivity index (χ3v) is 5.75. The standard InChI is InChI=1S/C21H19BrF2N4O3/c1-2-11(22)7-26-19(24)18-10-30-4-3-28(18)21(29)13-5-12-14-8-31-9-15(14)20(25)27-17(12)6-16(13)23/h2,5-7,18H,1,3-4,8-10H2,(H2,25,27)/b11-7+,26-19?/t18-/m1/s1. The van der Waals surface area contributed by atoms with E-state index < -0.39 is 23.7 Å². The molecule has 2 aliphatic heterocycles. The summed E-state index contributed by atoms with van der Waals surface area (Å²) < 4.78 is 40.9. The first-order valence-corrected chi connectivity index (χ1v) is 10.3. The van der Waals surface area contributed by atoms with Crippen molar-refractivity contribution in [1.29, 1.82) is 0 Å². The molecule has 2 aromatic rings. The number of carbonyl (C=O) groups is 1. The van der Waals surface area contributed by atoms with E-state index in [0.717, 1.165) is 11.1 Å². The van der Waals surface area contributed by atoms with Crippen molar-refractivity contribution in [2.45, 2.75) is 19.3 Å². The van der Waals surface area contributed by atoms with Crippen LogP contribution in [-0.4, -0.2) is 47.6 Å². The molecule has 1 aromatic heterocycles. The zero-order chi connectivity index (χ0) is 22.1. The van der Waals surface area contributed by atoms with E-state index in [9.17, 15) is 13.6 Å². The molecule has 3 heterocycles. The minimum Gasteiger partial charge on any atom is -0.383 e. The fourth-order valence-electron chi connectivity index (χ4n) is 3.62. The van der Waals surface area contributed by atoms with Gasteiger partial charge in [0.2, 0.25) is 5.97 Å². The van der Waals surface area contributed by atoms with Gasteiger partial charge in [0, 0.05) is 34.2 Å². The number of hydrogen-bond donors (Lipinski definition) is 1. The molecule has 0 spiro atoms. The average molecular weight is 493 g/mol. The smallest absolute Gasteiger partial charge is 0.257 e. The molecule has 0 unspecified atom stereocenters. The van der Waals surface area contributed by atoms with Crippen LogP contribution in [0.3, 0.4) is 0 Å². The van der Waals surface area contributed by atoms with E-state index in [1.165, 1.54) is 29.3 Å². The Morgan fingerprint density at radius 3 is 2.90 bits per heavy atom. The summed E-state index contributed by atoms with van der Waals surface area (Å²) in [6.07, 6.45) is 2.68. The highest BCUT2D eigenvalue weighted by molar-refractivity contribution is 9.11. The van der Waals surface area contributed by atoms with Crippen LogP contribution in [0, 0.1) is 5.82 Å². The number of nitrogens with two attached hydrogens (primary N) is 1. The van der Waals surface area contributed by atoms with Crippen LogP contribution in [0.25, 0.3) is 10.9 Å². The highest BCUT2D eigenvalue weighted by Crippen LogP contribution is 2.33. The lowest BCUT2D eigenvalue weighted by atomic mass is 10.0. The van der Waals surface area contributed by atoms with Crippen LogP contribution in [-0.2, 0) is 22.7 Å². The molecular weight excluding hydrogens is 474 g/mol. The van der Waals surface area contributed by atoms with Gasteiger partial charge in [-0.3, -0.25) is 4.79 Å². The quantitative estimate of drug-likeness (QED) is 0.519. The van der Waals surface area contributed by atoms with E-state index in [-0.39, 0.29) is 31.1 Å². The highest BCUT2D eigenvalue weighted by atomic mass is 79.9. The molecule has 1 atom stereocenters. The number of aromatic nitrogens is 1. The van der Waals surface area contributed by atoms with E-state index in [4.69, 9.17) is 15.2 Å². The second kappa shape index (κ2) is 8.81. The number of fused-ring (bicyclic) bond motifs is 3. The number of allylic oxidation sites excluding steroid dienone is 2. The molecule has 4 rings (SSSR count). The van der Waals surface area contributed by atoms with Crippen LogP contribution in [0.1, 0.15) is 21.5 Å². The number of carbonyl (C=O) groups excluding carboxylic acids is 1.